The van der Waals surface area contributed by atoms with Crippen LogP contribution in [0.15, 0.2) is 285 Å². The second-order valence-electron chi connectivity index (χ2n) is 20.7. The van der Waals surface area contributed by atoms with E-state index in [0.717, 1.165) is 113 Å². The van der Waals surface area contributed by atoms with Crippen LogP contribution >= 0.6 is 0 Å². The average Bonchev–Trinajstić information content (AvgIpc) is 3.71. The van der Waals surface area contributed by atoms with E-state index < -0.39 is 0 Å². The lowest BCUT2D eigenvalue weighted by atomic mass is 9.30. The molecule has 8 heteroatoms. The van der Waals surface area contributed by atoms with Crippen molar-refractivity contribution in [3.8, 4) is 56.8 Å². The zero-order valence-corrected chi connectivity index (χ0v) is 43.4. The molecule has 0 saturated carbocycles. The number of hydrogen-bond donors (Lipinski definition) is 0. The van der Waals surface area contributed by atoms with Crippen LogP contribution in [-0.2, 0) is 0 Å². The maximum Gasteiger partial charge on any atom is 0.256 e. The highest BCUT2D eigenvalue weighted by Gasteiger charge is 2.48. The van der Waals surface area contributed by atoms with Crippen LogP contribution in [0.4, 0.5) is 51.2 Å². The van der Waals surface area contributed by atoms with E-state index in [1.807, 2.05) is 24.3 Å². The molecule has 0 N–H and O–H groups in total. The zero-order chi connectivity index (χ0) is 52.7. The van der Waals surface area contributed by atoms with Gasteiger partial charge >= 0.3 is 0 Å². The number of hydrogen-bond acceptors (Lipinski definition) is 6. The summed E-state index contributed by atoms with van der Waals surface area (Å²) in [6.45, 7) is -0.343. The summed E-state index contributed by atoms with van der Waals surface area (Å²) in [5, 5.41) is 0. The van der Waals surface area contributed by atoms with Crippen molar-refractivity contribution in [1.29, 1.82) is 0 Å². The van der Waals surface area contributed by atoms with E-state index in [1.165, 1.54) is 21.9 Å². The highest BCUT2D eigenvalue weighted by Crippen LogP contribution is 2.50. The number of benzene rings is 12. The first kappa shape index (κ1) is 45.7. The normalized spacial score (nSPS) is 13.0. The van der Waals surface area contributed by atoms with Crippen molar-refractivity contribution in [2.45, 2.75) is 0 Å². The third-order valence-corrected chi connectivity index (χ3v) is 16.2. The smallest absolute Gasteiger partial charge is 0.256 e. The van der Waals surface area contributed by atoms with Gasteiger partial charge in [-0.15, -0.1) is 0 Å². The first-order valence-corrected chi connectivity index (χ1v) is 27.3. The zero-order valence-electron chi connectivity index (χ0n) is 43.4. The Labute approximate surface area is 465 Å². The van der Waals surface area contributed by atoms with Gasteiger partial charge < -0.3 is 28.9 Å². The number of rotatable bonds is 9. The molecule has 6 nitrogen and oxygen atoms in total. The quantitative estimate of drug-likeness (QED) is 0.134. The van der Waals surface area contributed by atoms with Crippen LogP contribution in [0.2, 0.25) is 0 Å². The van der Waals surface area contributed by atoms with E-state index in [4.69, 9.17) is 14.2 Å². The van der Waals surface area contributed by atoms with Crippen LogP contribution in [-0.4, -0.2) is 13.4 Å². The molecule has 0 atom stereocenters. The molecule has 0 radical (unpaired) electrons. The highest BCUT2D eigenvalue weighted by atomic mass is 16.5. The van der Waals surface area contributed by atoms with E-state index in [1.54, 1.807) is 0 Å². The van der Waals surface area contributed by atoms with Gasteiger partial charge in [-0.3, -0.25) is 0 Å². The van der Waals surface area contributed by atoms with Crippen LogP contribution in [0.1, 0.15) is 0 Å². The number of para-hydroxylation sites is 7. The Hall–Kier alpha value is -10.4. The van der Waals surface area contributed by atoms with Gasteiger partial charge in [0.1, 0.15) is 34.5 Å². The second kappa shape index (κ2) is 18.6. The van der Waals surface area contributed by atoms with Crippen LogP contribution in [0, 0.1) is 0 Å². The molecule has 0 fully saturated rings. The highest BCUT2D eigenvalue weighted by molar-refractivity contribution is 7.02. The Bertz CT molecular complexity index is 4370. The van der Waals surface area contributed by atoms with Gasteiger partial charge in [0.15, 0.2) is 0 Å². The van der Waals surface area contributed by atoms with Crippen LogP contribution in [0.25, 0.3) is 22.3 Å². The summed E-state index contributed by atoms with van der Waals surface area (Å²) in [6.07, 6.45) is 0. The van der Waals surface area contributed by atoms with E-state index in [-0.39, 0.29) is 13.4 Å². The first-order valence-electron chi connectivity index (χ1n) is 27.3. The van der Waals surface area contributed by atoms with Gasteiger partial charge in [-0.1, -0.05) is 194 Å². The number of ether oxygens (including phenoxy) is 3. The predicted molar refractivity (Wildman–Crippen MR) is 330 cm³/mol. The molecule has 4 aliphatic rings. The summed E-state index contributed by atoms with van der Waals surface area (Å²) in [5.41, 5.74) is 20.7. The van der Waals surface area contributed by atoms with Crippen molar-refractivity contribution < 1.29 is 14.2 Å². The molecular formula is C72H47B2N3O3. The van der Waals surface area contributed by atoms with Crippen LogP contribution in [0.5, 0.6) is 34.5 Å². The summed E-state index contributed by atoms with van der Waals surface area (Å²) in [7, 11) is 0. The Morgan fingerprint density at radius 1 is 0.275 bits per heavy atom. The topological polar surface area (TPSA) is 37.4 Å². The Morgan fingerprint density at radius 2 is 0.662 bits per heavy atom. The summed E-state index contributed by atoms with van der Waals surface area (Å²) < 4.78 is 21.8. The van der Waals surface area contributed by atoms with Gasteiger partial charge in [0, 0.05) is 92.6 Å². The molecule has 0 aliphatic carbocycles. The summed E-state index contributed by atoms with van der Waals surface area (Å²) in [6, 6.07) is 101. The van der Waals surface area contributed by atoms with Crippen molar-refractivity contribution in [2.24, 2.45) is 0 Å². The summed E-state index contributed by atoms with van der Waals surface area (Å²) in [4.78, 5) is 7.22. The van der Waals surface area contributed by atoms with E-state index >= 15 is 0 Å². The third-order valence-electron chi connectivity index (χ3n) is 16.2. The van der Waals surface area contributed by atoms with E-state index in [0.29, 0.717) is 5.75 Å². The average molecular weight is 1020 g/mol. The fraction of sp³-hybridized carbons (Fsp3) is 0. The molecule has 0 aromatic heterocycles. The standard InChI is InChI=1S/C72H47B2N3O3/c1-6-24-48(25-7-1)55-34-16-22-40-67(55)78-53-42-64-71-65(43-53)77(52-32-14-5-15-33-52)63-47-69-60(46-59(63)73(71)57-36-18-20-38-61(57)75(64)50-28-10-3-11-29-50)74-58-37-19-21-39-62(58)76(51-30-12-4-13-31-51)66-44-54(45-70(80-69)72(66)74)79-68-41-23-17-35-56(68)49-26-8-2-9-27-49/h1-47H. The summed E-state index contributed by atoms with van der Waals surface area (Å²) >= 11 is 0. The maximum atomic E-state index is 7.50. The van der Waals surface area contributed by atoms with Crippen molar-refractivity contribution in [3.05, 3.63) is 285 Å². The van der Waals surface area contributed by atoms with Crippen molar-refractivity contribution in [3.63, 3.8) is 0 Å². The third kappa shape index (κ3) is 7.37. The minimum Gasteiger partial charge on any atom is -0.458 e. The molecular weight excluding hydrogens is 976 g/mol. The second-order valence-corrected chi connectivity index (χ2v) is 20.7. The molecule has 374 valence electrons. The van der Waals surface area contributed by atoms with Crippen LogP contribution < -0.4 is 61.7 Å². The number of fused-ring (bicyclic) bond motifs is 8. The number of anilines is 9. The van der Waals surface area contributed by atoms with Crippen LogP contribution in [0.3, 0.4) is 0 Å². The largest absolute Gasteiger partial charge is 0.458 e. The molecule has 16 rings (SSSR count). The van der Waals surface area contributed by atoms with Gasteiger partial charge in [0.25, 0.3) is 13.4 Å². The van der Waals surface area contributed by atoms with Gasteiger partial charge in [0.2, 0.25) is 0 Å². The minimum absolute atomic E-state index is 0.164. The van der Waals surface area contributed by atoms with E-state index in [2.05, 4.69) is 276 Å². The fourth-order valence-corrected chi connectivity index (χ4v) is 12.8. The van der Waals surface area contributed by atoms with Gasteiger partial charge in [-0.05, 0) is 105 Å². The molecule has 0 spiro atoms. The Kier molecular flexibility index (Phi) is 10.7. The Balaban J connectivity index is 0.934. The molecule has 12 aromatic rings. The molecule has 4 heterocycles. The van der Waals surface area contributed by atoms with Crippen molar-refractivity contribution in [1.82, 2.24) is 0 Å². The molecule has 80 heavy (non-hydrogen) atoms. The SMILES string of the molecule is c1ccc(-c2ccccc2Oc2cc3c4c(c2)N(c2ccccc2)c2ccccc2B4c2cc4c(cc2O3)N(c2ccccc2)c2cc(Oc3ccccc3-c3ccccc3)cc3c2B4c2ccccc2N3c2ccccc2)cc1. The lowest BCUT2D eigenvalue weighted by molar-refractivity contribution is 0.464. The maximum absolute atomic E-state index is 7.50. The molecule has 4 aliphatic heterocycles. The van der Waals surface area contributed by atoms with E-state index in [9.17, 15) is 0 Å². The molecule has 0 amide bonds. The number of nitrogens with zero attached hydrogens (tertiary/aromatic N) is 3. The van der Waals surface area contributed by atoms with Crippen molar-refractivity contribution in [2.75, 3.05) is 14.7 Å². The predicted octanol–water partition coefficient (Wildman–Crippen LogP) is 15.1. The molecule has 12 aromatic carbocycles. The van der Waals surface area contributed by atoms with Gasteiger partial charge in [-0.25, -0.2) is 0 Å². The lowest BCUT2D eigenvalue weighted by Crippen LogP contribution is -2.64. The Morgan fingerprint density at radius 3 is 1.16 bits per heavy atom. The van der Waals surface area contributed by atoms with Gasteiger partial charge in [-0.2, -0.15) is 0 Å². The molecule has 0 bridgehead atoms. The first-order chi connectivity index (χ1) is 39.7. The lowest BCUT2D eigenvalue weighted by Gasteiger charge is -2.45. The molecule has 0 saturated heterocycles. The van der Waals surface area contributed by atoms with Crippen molar-refractivity contribution >= 4 is 97.4 Å². The fourth-order valence-electron chi connectivity index (χ4n) is 12.8. The minimum atomic E-state index is -0.179. The monoisotopic (exact) mass is 1020 g/mol. The summed E-state index contributed by atoms with van der Waals surface area (Å²) in [5.74, 6) is 4.49. The molecule has 0 unspecified atom stereocenters. The van der Waals surface area contributed by atoms with Gasteiger partial charge in [0.05, 0.1) is 0 Å².